The fourth-order valence-corrected chi connectivity index (χ4v) is 3.12. The van der Waals surface area contributed by atoms with Crippen LogP contribution in [-0.4, -0.2) is 17.5 Å². The molecule has 0 aromatic heterocycles. The molecule has 0 aliphatic carbocycles. The van der Waals surface area contributed by atoms with Crippen molar-refractivity contribution in [3.05, 3.63) is 65.2 Å². The number of nitrogens with zero attached hydrogens (tertiary/aromatic N) is 1. The molecular formula is C19H20N2O2. The Morgan fingerprint density at radius 3 is 2.22 bits per heavy atom. The van der Waals surface area contributed by atoms with Gasteiger partial charge in [0.25, 0.3) is 5.91 Å². The Hall–Kier alpha value is -2.62. The number of benzene rings is 2. The molecule has 1 fully saturated rings. The number of rotatable bonds is 3. The van der Waals surface area contributed by atoms with Gasteiger partial charge in [-0.15, -0.1) is 0 Å². The molecule has 0 bridgehead atoms. The van der Waals surface area contributed by atoms with Gasteiger partial charge in [0.15, 0.2) is 0 Å². The van der Waals surface area contributed by atoms with Gasteiger partial charge in [-0.2, -0.15) is 0 Å². The van der Waals surface area contributed by atoms with Crippen molar-refractivity contribution in [2.45, 2.75) is 32.7 Å². The summed E-state index contributed by atoms with van der Waals surface area (Å²) in [6.07, 6.45) is 0.472. The smallest absolute Gasteiger partial charge is 0.323 e. The maximum Gasteiger partial charge on any atom is 0.329 e. The van der Waals surface area contributed by atoms with Crippen LogP contribution in [0.5, 0.6) is 0 Å². The fraction of sp³-hybridized carbons (Fsp3) is 0.263. The average Bonchev–Trinajstić information content (AvgIpc) is 2.68. The monoisotopic (exact) mass is 308 g/mol. The highest BCUT2D eigenvalue weighted by Crippen LogP contribution is 2.28. The molecule has 3 rings (SSSR count). The Balaban J connectivity index is 1.93. The van der Waals surface area contributed by atoms with Crippen molar-refractivity contribution in [3.8, 4) is 0 Å². The largest absolute Gasteiger partial charge is 0.329 e. The molecule has 2 aromatic carbocycles. The molecule has 23 heavy (non-hydrogen) atoms. The number of hydrogen-bond acceptors (Lipinski definition) is 2. The van der Waals surface area contributed by atoms with Crippen molar-refractivity contribution in [2.75, 3.05) is 4.90 Å². The zero-order valence-corrected chi connectivity index (χ0v) is 13.6. The third-order valence-electron chi connectivity index (χ3n) is 4.13. The van der Waals surface area contributed by atoms with Crippen LogP contribution in [0, 0.1) is 13.8 Å². The van der Waals surface area contributed by atoms with Crippen LogP contribution in [0.15, 0.2) is 48.5 Å². The summed E-state index contributed by atoms with van der Waals surface area (Å²) in [6.45, 7) is 5.69. The standard InChI is InChI=1S/C19H20N2O2/c1-13-9-14(2)11-16(10-13)21-17(22)19(3,20-18(21)23)12-15-7-5-4-6-8-15/h4-11H,12H2,1-3H3,(H,20,23). The van der Waals surface area contributed by atoms with Crippen molar-refractivity contribution in [3.63, 3.8) is 0 Å². The Morgan fingerprint density at radius 1 is 1.00 bits per heavy atom. The first-order valence-electron chi connectivity index (χ1n) is 7.68. The van der Waals surface area contributed by atoms with Crippen molar-refractivity contribution in [1.29, 1.82) is 0 Å². The third kappa shape index (κ3) is 2.84. The van der Waals surface area contributed by atoms with Gasteiger partial charge in [0.2, 0.25) is 0 Å². The molecule has 1 N–H and O–H groups in total. The fourth-order valence-electron chi connectivity index (χ4n) is 3.12. The highest BCUT2D eigenvalue weighted by molar-refractivity contribution is 6.23. The molecule has 3 amide bonds. The minimum atomic E-state index is -0.921. The average molecular weight is 308 g/mol. The summed E-state index contributed by atoms with van der Waals surface area (Å²) in [5.41, 5.74) is 2.78. The minimum Gasteiger partial charge on any atom is -0.323 e. The Labute approximate surface area is 136 Å². The van der Waals surface area contributed by atoms with Gasteiger partial charge in [0.05, 0.1) is 5.69 Å². The van der Waals surface area contributed by atoms with Gasteiger partial charge in [-0.3, -0.25) is 4.79 Å². The molecule has 1 unspecified atom stereocenters. The predicted molar refractivity (Wildman–Crippen MR) is 90.5 cm³/mol. The van der Waals surface area contributed by atoms with Crippen LogP contribution in [-0.2, 0) is 11.2 Å². The Kier molecular flexibility index (Phi) is 3.68. The number of hydrogen-bond donors (Lipinski definition) is 1. The first kappa shape index (κ1) is 15.3. The highest BCUT2D eigenvalue weighted by atomic mass is 16.2. The van der Waals surface area contributed by atoms with Crippen molar-refractivity contribution >= 4 is 17.6 Å². The summed E-state index contributed by atoms with van der Waals surface area (Å²) in [4.78, 5) is 26.6. The second-order valence-corrected chi connectivity index (χ2v) is 6.41. The number of aryl methyl sites for hydroxylation is 2. The van der Waals surface area contributed by atoms with Gasteiger partial charge in [-0.25, -0.2) is 9.69 Å². The number of carbonyl (C=O) groups excluding carboxylic acids is 2. The number of amides is 3. The molecule has 1 aliphatic heterocycles. The van der Waals surface area contributed by atoms with Crippen LogP contribution in [0.3, 0.4) is 0 Å². The first-order valence-corrected chi connectivity index (χ1v) is 7.68. The Morgan fingerprint density at radius 2 is 1.61 bits per heavy atom. The highest BCUT2D eigenvalue weighted by Gasteiger charge is 2.48. The van der Waals surface area contributed by atoms with Gasteiger partial charge in [-0.05, 0) is 49.6 Å². The first-order chi connectivity index (χ1) is 10.9. The summed E-state index contributed by atoms with van der Waals surface area (Å²) >= 11 is 0. The molecule has 1 heterocycles. The number of imide groups is 1. The van der Waals surface area contributed by atoms with E-state index in [-0.39, 0.29) is 11.9 Å². The molecule has 0 spiro atoms. The van der Waals surface area contributed by atoms with Crippen molar-refractivity contribution in [2.24, 2.45) is 0 Å². The zero-order chi connectivity index (χ0) is 16.6. The van der Waals surface area contributed by atoms with Crippen LogP contribution < -0.4 is 10.2 Å². The quantitative estimate of drug-likeness (QED) is 0.884. The molecule has 1 saturated heterocycles. The number of anilines is 1. The van der Waals surface area contributed by atoms with Crippen LogP contribution >= 0.6 is 0 Å². The maximum absolute atomic E-state index is 12.9. The lowest BCUT2D eigenvalue weighted by molar-refractivity contribution is -0.121. The molecule has 4 nitrogen and oxygen atoms in total. The van der Waals surface area contributed by atoms with E-state index >= 15 is 0 Å². The molecule has 1 aliphatic rings. The molecule has 4 heteroatoms. The number of urea groups is 1. The summed E-state index contributed by atoms with van der Waals surface area (Å²) in [7, 11) is 0. The summed E-state index contributed by atoms with van der Waals surface area (Å²) in [5.74, 6) is -0.212. The summed E-state index contributed by atoms with van der Waals surface area (Å²) < 4.78 is 0. The van der Waals surface area contributed by atoms with Gasteiger partial charge >= 0.3 is 6.03 Å². The summed E-state index contributed by atoms with van der Waals surface area (Å²) in [6, 6.07) is 15.1. The van der Waals surface area contributed by atoms with E-state index in [0.717, 1.165) is 16.7 Å². The van der Waals surface area contributed by atoms with E-state index in [4.69, 9.17) is 0 Å². The van der Waals surface area contributed by atoms with Crippen LogP contribution in [0.1, 0.15) is 23.6 Å². The van der Waals surface area contributed by atoms with Gasteiger partial charge in [0.1, 0.15) is 5.54 Å². The second kappa shape index (κ2) is 5.54. The second-order valence-electron chi connectivity index (χ2n) is 6.41. The number of carbonyl (C=O) groups is 2. The summed E-state index contributed by atoms with van der Waals surface area (Å²) in [5, 5.41) is 2.85. The van der Waals surface area contributed by atoms with E-state index in [2.05, 4.69) is 5.32 Å². The SMILES string of the molecule is Cc1cc(C)cc(N2C(=O)NC(C)(Cc3ccccc3)C2=O)c1. The lowest BCUT2D eigenvalue weighted by atomic mass is 9.92. The molecule has 118 valence electrons. The third-order valence-corrected chi connectivity index (χ3v) is 4.13. The van der Waals surface area contributed by atoms with Crippen molar-refractivity contribution in [1.82, 2.24) is 5.32 Å². The number of nitrogens with one attached hydrogen (secondary N) is 1. The topological polar surface area (TPSA) is 49.4 Å². The van der Waals surface area contributed by atoms with E-state index in [9.17, 15) is 9.59 Å². The van der Waals surface area contributed by atoms with Crippen LogP contribution in [0.25, 0.3) is 0 Å². The molecule has 0 radical (unpaired) electrons. The molecule has 2 aromatic rings. The van der Waals surface area contributed by atoms with Gasteiger partial charge < -0.3 is 5.32 Å². The molecular weight excluding hydrogens is 288 g/mol. The van der Waals surface area contributed by atoms with Crippen LogP contribution in [0.4, 0.5) is 10.5 Å². The molecule has 0 saturated carbocycles. The van der Waals surface area contributed by atoms with E-state index in [1.54, 1.807) is 6.92 Å². The van der Waals surface area contributed by atoms with E-state index in [1.165, 1.54) is 4.90 Å². The zero-order valence-electron chi connectivity index (χ0n) is 13.6. The predicted octanol–water partition coefficient (Wildman–Crippen LogP) is 3.36. The van der Waals surface area contributed by atoms with E-state index < -0.39 is 5.54 Å². The lowest BCUT2D eigenvalue weighted by Gasteiger charge is -2.22. The Bertz CT molecular complexity index is 750. The van der Waals surface area contributed by atoms with Crippen LogP contribution in [0.2, 0.25) is 0 Å². The lowest BCUT2D eigenvalue weighted by Crippen LogP contribution is -2.46. The molecule has 1 atom stereocenters. The van der Waals surface area contributed by atoms with E-state index in [0.29, 0.717) is 12.1 Å². The van der Waals surface area contributed by atoms with Gasteiger partial charge in [0, 0.05) is 6.42 Å². The normalized spacial score (nSPS) is 20.7. The van der Waals surface area contributed by atoms with E-state index in [1.807, 2.05) is 62.4 Å². The minimum absolute atomic E-state index is 0.212. The van der Waals surface area contributed by atoms with Crippen molar-refractivity contribution < 1.29 is 9.59 Å². The van der Waals surface area contributed by atoms with Gasteiger partial charge in [-0.1, -0.05) is 36.4 Å². The maximum atomic E-state index is 12.9.